The van der Waals surface area contributed by atoms with Gasteiger partial charge in [0.05, 0.1) is 39.7 Å². The van der Waals surface area contributed by atoms with Crippen molar-refractivity contribution >= 4 is 39.5 Å². The maximum absolute atomic E-state index is 12.5. The molecule has 0 saturated carbocycles. The van der Waals surface area contributed by atoms with Crippen molar-refractivity contribution in [3.05, 3.63) is 57.9 Å². The number of halogens is 1. The van der Waals surface area contributed by atoms with Crippen LogP contribution in [-0.2, 0) is 23.8 Å². The third-order valence-electron chi connectivity index (χ3n) is 3.82. The molecule has 2 rings (SSSR count). The lowest BCUT2D eigenvalue weighted by Crippen LogP contribution is -2.27. The number of anilines is 1. The highest BCUT2D eigenvalue weighted by Gasteiger charge is 2.29. The van der Waals surface area contributed by atoms with E-state index < -0.39 is 17.9 Å². The molecule has 28 heavy (non-hydrogen) atoms. The number of carbonyl (C=O) groups excluding carboxylic acids is 3. The van der Waals surface area contributed by atoms with Crippen LogP contribution < -0.4 is 9.64 Å². The summed E-state index contributed by atoms with van der Waals surface area (Å²) in [5.74, 6) is -1.82. The SMILES string of the molecule is COC(=O)C1=C(C(=O)OC)N(c2cc(OC)c(C(=O)OC)cc2Br)C=CC=C1. The molecule has 0 amide bonds. The van der Waals surface area contributed by atoms with Crippen molar-refractivity contribution in [3.8, 4) is 5.75 Å². The van der Waals surface area contributed by atoms with Gasteiger partial charge in [0.2, 0.25) is 0 Å². The molecule has 1 aromatic rings. The molecule has 0 unspecified atom stereocenters. The molecule has 0 saturated heterocycles. The van der Waals surface area contributed by atoms with Gasteiger partial charge in [-0.3, -0.25) is 0 Å². The fourth-order valence-corrected chi connectivity index (χ4v) is 3.05. The first kappa shape index (κ1) is 21.2. The van der Waals surface area contributed by atoms with Crippen molar-refractivity contribution in [1.82, 2.24) is 0 Å². The average Bonchev–Trinajstić information content (AvgIpc) is 2.94. The molecule has 0 spiro atoms. The molecule has 1 aromatic carbocycles. The van der Waals surface area contributed by atoms with Crippen LogP contribution >= 0.6 is 15.9 Å². The van der Waals surface area contributed by atoms with Crippen molar-refractivity contribution in [2.45, 2.75) is 0 Å². The van der Waals surface area contributed by atoms with Gasteiger partial charge < -0.3 is 23.8 Å². The van der Waals surface area contributed by atoms with Crippen LogP contribution in [0.25, 0.3) is 0 Å². The first-order valence-corrected chi connectivity index (χ1v) is 8.69. The zero-order valence-corrected chi connectivity index (χ0v) is 17.2. The fourth-order valence-electron chi connectivity index (χ4n) is 2.52. The van der Waals surface area contributed by atoms with Crippen molar-refractivity contribution in [3.63, 3.8) is 0 Å². The smallest absolute Gasteiger partial charge is 0.355 e. The Balaban J connectivity index is 2.74. The number of hydrogen-bond donors (Lipinski definition) is 0. The van der Waals surface area contributed by atoms with Crippen LogP contribution in [0.1, 0.15) is 10.4 Å². The van der Waals surface area contributed by atoms with E-state index in [1.165, 1.54) is 51.5 Å². The van der Waals surface area contributed by atoms with E-state index in [1.54, 1.807) is 18.4 Å². The van der Waals surface area contributed by atoms with Gasteiger partial charge in [-0.1, -0.05) is 6.08 Å². The lowest BCUT2D eigenvalue weighted by molar-refractivity contribution is -0.139. The highest BCUT2D eigenvalue weighted by Crippen LogP contribution is 2.37. The molecule has 8 nitrogen and oxygen atoms in total. The van der Waals surface area contributed by atoms with Gasteiger partial charge in [0, 0.05) is 16.7 Å². The second kappa shape index (κ2) is 9.23. The van der Waals surface area contributed by atoms with Gasteiger partial charge in [0.25, 0.3) is 0 Å². The average molecular weight is 452 g/mol. The van der Waals surface area contributed by atoms with Gasteiger partial charge in [-0.15, -0.1) is 0 Å². The van der Waals surface area contributed by atoms with Gasteiger partial charge in [0.15, 0.2) is 0 Å². The number of methoxy groups -OCH3 is 4. The van der Waals surface area contributed by atoms with E-state index in [1.807, 2.05) is 0 Å². The Morgan fingerprint density at radius 2 is 1.54 bits per heavy atom. The summed E-state index contributed by atoms with van der Waals surface area (Å²) in [6, 6.07) is 3.03. The van der Waals surface area contributed by atoms with Crippen LogP contribution in [0.5, 0.6) is 5.75 Å². The summed E-state index contributed by atoms with van der Waals surface area (Å²) in [6.45, 7) is 0. The van der Waals surface area contributed by atoms with E-state index in [-0.39, 0.29) is 22.6 Å². The van der Waals surface area contributed by atoms with Crippen LogP contribution in [-0.4, -0.2) is 46.3 Å². The molecular formula is C19H18BrNO7. The zero-order valence-electron chi connectivity index (χ0n) is 15.6. The summed E-state index contributed by atoms with van der Waals surface area (Å²) in [6.07, 6.45) is 6.23. The molecule has 0 radical (unpaired) electrons. The maximum Gasteiger partial charge on any atom is 0.355 e. The molecule has 0 atom stereocenters. The monoisotopic (exact) mass is 451 g/mol. The summed E-state index contributed by atoms with van der Waals surface area (Å²) in [7, 11) is 5.07. The van der Waals surface area contributed by atoms with Gasteiger partial charge in [-0.2, -0.15) is 0 Å². The summed E-state index contributed by atoms with van der Waals surface area (Å²) in [5, 5.41) is 0. The molecule has 1 aliphatic heterocycles. The number of allylic oxidation sites excluding steroid dienone is 2. The molecule has 0 aromatic heterocycles. The Bertz CT molecular complexity index is 902. The molecular weight excluding hydrogens is 434 g/mol. The number of hydrogen-bond acceptors (Lipinski definition) is 8. The first-order valence-electron chi connectivity index (χ1n) is 7.90. The number of esters is 3. The van der Waals surface area contributed by atoms with E-state index >= 15 is 0 Å². The highest BCUT2D eigenvalue weighted by molar-refractivity contribution is 9.10. The van der Waals surface area contributed by atoms with E-state index in [2.05, 4.69) is 15.9 Å². The Hall–Kier alpha value is -3.07. The number of ether oxygens (including phenoxy) is 4. The third kappa shape index (κ3) is 4.09. The predicted octanol–water partition coefficient (Wildman–Crippen LogP) is 2.73. The minimum atomic E-state index is -0.750. The summed E-state index contributed by atoms with van der Waals surface area (Å²) in [4.78, 5) is 38.1. The second-order valence-electron chi connectivity index (χ2n) is 5.31. The standard InChI is InChI=1S/C19H18BrNO7/c1-25-15-10-14(13(20)9-12(15)18(23)27-3)21-8-6-5-7-11(17(22)26-2)16(21)19(24)28-4/h5-10H,1-4H3. The lowest BCUT2D eigenvalue weighted by Gasteiger charge is -2.25. The summed E-state index contributed by atoms with van der Waals surface area (Å²) >= 11 is 3.39. The first-order chi connectivity index (χ1) is 13.4. The van der Waals surface area contributed by atoms with Gasteiger partial charge in [-0.25, -0.2) is 14.4 Å². The Labute approximate surface area is 170 Å². The maximum atomic E-state index is 12.5. The third-order valence-corrected chi connectivity index (χ3v) is 4.46. The van der Waals surface area contributed by atoms with Gasteiger partial charge in [-0.05, 0) is 34.1 Å². The fraction of sp³-hybridized carbons (Fsp3) is 0.211. The minimum absolute atomic E-state index is 0.00209. The Kier molecular flexibility index (Phi) is 7.00. The zero-order chi connectivity index (χ0) is 20.8. The Morgan fingerprint density at radius 3 is 2.11 bits per heavy atom. The van der Waals surface area contributed by atoms with Crippen molar-refractivity contribution < 1.29 is 33.3 Å². The quantitative estimate of drug-likeness (QED) is 0.498. The molecule has 0 N–H and O–H groups in total. The van der Waals surface area contributed by atoms with Crippen LogP contribution in [0.4, 0.5) is 5.69 Å². The molecule has 148 valence electrons. The number of carbonyl (C=O) groups is 3. The van der Waals surface area contributed by atoms with Crippen LogP contribution in [0.3, 0.4) is 0 Å². The van der Waals surface area contributed by atoms with Gasteiger partial charge >= 0.3 is 17.9 Å². The Morgan fingerprint density at radius 1 is 0.893 bits per heavy atom. The normalized spacial score (nSPS) is 13.1. The topological polar surface area (TPSA) is 91.4 Å². The molecule has 0 aliphatic carbocycles. The van der Waals surface area contributed by atoms with Crippen LogP contribution in [0.2, 0.25) is 0 Å². The van der Waals surface area contributed by atoms with Crippen molar-refractivity contribution in [2.24, 2.45) is 0 Å². The number of benzene rings is 1. The molecule has 9 heteroatoms. The van der Waals surface area contributed by atoms with Gasteiger partial charge in [0.1, 0.15) is 17.0 Å². The largest absolute Gasteiger partial charge is 0.496 e. The van der Waals surface area contributed by atoms with E-state index in [9.17, 15) is 14.4 Å². The number of nitrogens with zero attached hydrogens (tertiary/aromatic N) is 1. The second-order valence-corrected chi connectivity index (χ2v) is 6.17. The summed E-state index contributed by atoms with van der Waals surface area (Å²) < 4.78 is 20.1. The minimum Gasteiger partial charge on any atom is -0.496 e. The van der Waals surface area contributed by atoms with E-state index in [0.29, 0.717) is 10.2 Å². The molecule has 1 heterocycles. The van der Waals surface area contributed by atoms with Crippen LogP contribution in [0, 0.1) is 0 Å². The number of rotatable bonds is 5. The molecule has 1 aliphatic rings. The highest BCUT2D eigenvalue weighted by atomic mass is 79.9. The molecule has 0 fully saturated rings. The molecule has 0 bridgehead atoms. The van der Waals surface area contributed by atoms with Crippen LogP contribution in [0.15, 0.2) is 52.3 Å². The van der Waals surface area contributed by atoms with E-state index in [4.69, 9.17) is 18.9 Å². The van der Waals surface area contributed by atoms with E-state index in [0.717, 1.165) is 0 Å². The van der Waals surface area contributed by atoms with Crippen molar-refractivity contribution in [1.29, 1.82) is 0 Å². The summed E-state index contributed by atoms with van der Waals surface area (Å²) in [5.41, 5.74) is 0.552. The lowest BCUT2D eigenvalue weighted by atomic mass is 10.1. The predicted molar refractivity (Wildman–Crippen MR) is 104 cm³/mol. The van der Waals surface area contributed by atoms with Crippen molar-refractivity contribution in [2.75, 3.05) is 33.3 Å².